The van der Waals surface area contributed by atoms with Gasteiger partial charge in [-0.3, -0.25) is 14.3 Å². The van der Waals surface area contributed by atoms with Crippen LogP contribution in [0.4, 0.5) is 13.2 Å². The van der Waals surface area contributed by atoms with Crippen LogP contribution in [-0.4, -0.2) is 51.7 Å². The number of rotatable bonds is 6. The summed E-state index contributed by atoms with van der Waals surface area (Å²) in [6.07, 6.45) is 3.55. The Bertz CT molecular complexity index is 875. The molecule has 1 aromatic carbocycles. The molecule has 2 aromatic rings. The lowest BCUT2D eigenvalue weighted by Gasteiger charge is -2.29. The van der Waals surface area contributed by atoms with Gasteiger partial charge in [-0.05, 0) is 30.5 Å². The van der Waals surface area contributed by atoms with Crippen LogP contribution in [0, 0.1) is 17.5 Å². The lowest BCUT2D eigenvalue weighted by Crippen LogP contribution is -2.50. The highest BCUT2D eigenvalue weighted by Crippen LogP contribution is 2.17. The van der Waals surface area contributed by atoms with Gasteiger partial charge in [0, 0.05) is 44.0 Å². The van der Waals surface area contributed by atoms with Gasteiger partial charge in [0.2, 0.25) is 11.8 Å². The third-order valence-electron chi connectivity index (χ3n) is 4.80. The van der Waals surface area contributed by atoms with Gasteiger partial charge in [-0.25, -0.2) is 13.2 Å². The summed E-state index contributed by atoms with van der Waals surface area (Å²) in [5.74, 6) is -4.03. The van der Waals surface area contributed by atoms with Crippen molar-refractivity contribution in [3.8, 4) is 0 Å². The lowest BCUT2D eigenvalue weighted by molar-refractivity contribution is -0.140. The Morgan fingerprint density at radius 3 is 2.76 bits per heavy atom. The van der Waals surface area contributed by atoms with Gasteiger partial charge in [-0.1, -0.05) is 0 Å². The van der Waals surface area contributed by atoms with E-state index in [4.69, 9.17) is 5.73 Å². The molecule has 156 valence electrons. The first-order valence-corrected chi connectivity index (χ1v) is 9.28. The molecule has 2 unspecified atom stereocenters. The fourth-order valence-corrected chi connectivity index (χ4v) is 3.36. The SMILES string of the molecule is NC(CC(=O)N1CCCNC(=O)C1Cn1cccn1)Cc1cc(F)c(F)cc1F. The first-order chi connectivity index (χ1) is 13.8. The fourth-order valence-electron chi connectivity index (χ4n) is 3.36. The van der Waals surface area contributed by atoms with E-state index in [1.807, 2.05) is 0 Å². The minimum absolute atomic E-state index is 0.106. The number of nitrogens with zero attached hydrogens (tertiary/aromatic N) is 3. The number of nitrogens with one attached hydrogen (secondary N) is 1. The van der Waals surface area contributed by atoms with Crippen molar-refractivity contribution >= 4 is 11.8 Å². The summed E-state index contributed by atoms with van der Waals surface area (Å²) in [5, 5.41) is 6.85. The summed E-state index contributed by atoms with van der Waals surface area (Å²) in [4.78, 5) is 26.7. The molecule has 1 fully saturated rings. The van der Waals surface area contributed by atoms with Gasteiger partial charge >= 0.3 is 0 Å². The Morgan fingerprint density at radius 1 is 1.28 bits per heavy atom. The van der Waals surface area contributed by atoms with Crippen LogP contribution in [0.1, 0.15) is 18.4 Å². The van der Waals surface area contributed by atoms with E-state index in [0.29, 0.717) is 25.6 Å². The molecular formula is C19H22F3N5O2. The molecule has 1 aliphatic heterocycles. The number of hydrogen-bond acceptors (Lipinski definition) is 4. The van der Waals surface area contributed by atoms with E-state index in [1.54, 1.807) is 23.1 Å². The number of amides is 2. The van der Waals surface area contributed by atoms with Crippen molar-refractivity contribution in [1.82, 2.24) is 20.0 Å². The maximum atomic E-state index is 13.8. The topological polar surface area (TPSA) is 93.3 Å². The number of nitrogens with two attached hydrogens (primary N) is 1. The second-order valence-corrected chi connectivity index (χ2v) is 7.00. The maximum Gasteiger partial charge on any atom is 0.244 e. The van der Waals surface area contributed by atoms with E-state index in [2.05, 4.69) is 10.4 Å². The highest BCUT2D eigenvalue weighted by Gasteiger charge is 2.32. The molecule has 2 amide bonds. The number of halogens is 3. The second kappa shape index (κ2) is 9.08. The van der Waals surface area contributed by atoms with Crippen LogP contribution in [0.5, 0.6) is 0 Å². The Balaban J connectivity index is 1.69. The lowest BCUT2D eigenvalue weighted by atomic mass is 10.0. The Kier molecular flexibility index (Phi) is 6.53. The molecule has 2 heterocycles. The maximum absolute atomic E-state index is 13.8. The van der Waals surface area contributed by atoms with Gasteiger partial charge in [0.25, 0.3) is 0 Å². The smallest absolute Gasteiger partial charge is 0.244 e. The minimum Gasteiger partial charge on any atom is -0.354 e. The van der Waals surface area contributed by atoms with Gasteiger partial charge in [-0.2, -0.15) is 5.10 Å². The zero-order valence-corrected chi connectivity index (χ0v) is 15.7. The van der Waals surface area contributed by atoms with Crippen LogP contribution >= 0.6 is 0 Å². The number of carbonyl (C=O) groups excluding carboxylic acids is 2. The molecule has 1 saturated heterocycles. The van der Waals surface area contributed by atoms with Gasteiger partial charge < -0.3 is 16.0 Å². The molecular weight excluding hydrogens is 387 g/mol. The van der Waals surface area contributed by atoms with Crippen molar-refractivity contribution < 1.29 is 22.8 Å². The molecule has 29 heavy (non-hydrogen) atoms. The summed E-state index contributed by atoms with van der Waals surface area (Å²) in [6, 6.07) is 1.34. The molecule has 0 bridgehead atoms. The monoisotopic (exact) mass is 409 g/mol. The Morgan fingerprint density at radius 2 is 2.03 bits per heavy atom. The Labute approximate surface area is 165 Å². The van der Waals surface area contributed by atoms with Crippen molar-refractivity contribution in [2.45, 2.75) is 37.9 Å². The minimum atomic E-state index is -1.28. The Hall–Kier alpha value is -2.88. The molecule has 0 saturated carbocycles. The zero-order chi connectivity index (χ0) is 21.0. The number of benzene rings is 1. The van der Waals surface area contributed by atoms with E-state index in [0.717, 1.165) is 6.07 Å². The van der Waals surface area contributed by atoms with Crippen molar-refractivity contribution in [1.29, 1.82) is 0 Å². The highest BCUT2D eigenvalue weighted by atomic mass is 19.2. The van der Waals surface area contributed by atoms with E-state index < -0.39 is 29.5 Å². The van der Waals surface area contributed by atoms with Crippen LogP contribution in [0.25, 0.3) is 0 Å². The summed E-state index contributed by atoms with van der Waals surface area (Å²) in [6.45, 7) is 0.998. The predicted molar refractivity (Wildman–Crippen MR) is 98.0 cm³/mol. The van der Waals surface area contributed by atoms with Gasteiger partial charge in [0.15, 0.2) is 11.6 Å². The number of carbonyl (C=O) groups is 2. The molecule has 2 atom stereocenters. The van der Waals surface area contributed by atoms with Crippen LogP contribution in [0.3, 0.4) is 0 Å². The summed E-state index contributed by atoms with van der Waals surface area (Å²) < 4.78 is 41.8. The van der Waals surface area contributed by atoms with Gasteiger partial charge in [0.1, 0.15) is 11.9 Å². The van der Waals surface area contributed by atoms with Crippen molar-refractivity contribution in [3.63, 3.8) is 0 Å². The molecule has 0 radical (unpaired) electrons. The van der Waals surface area contributed by atoms with E-state index in [1.165, 1.54) is 4.90 Å². The van der Waals surface area contributed by atoms with Crippen LogP contribution in [0.2, 0.25) is 0 Å². The van der Waals surface area contributed by atoms with Crippen molar-refractivity contribution in [3.05, 3.63) is 53.6 Å². The quantitative estimate of drug-likeness (QED) is 0.696. The van der Waals surface area contributed by atoms with Crippen LogP contribution < -0.4 is 11.1 Å². The molecule has 3 N–H and O–H groups in total. The fraction of sp³-hybridized carbons (Fsp3) is 0.421. The highest BCUT2D eigenvalue weighted by molar-refractivity contribution is 5.88. The summed E-state index contributed by atoms with van der Waals surface area (Å²) in [7, 11) is 0. The molecule has 1 aliphatic rings. The largest absolute Gasteiger partial charge is 0.354 e. The molecule has 1 aromatic heterocycles. The first kappa shape index (κ1) is 20.8. The van der Waals surface area contributed by atoms with E-state index >= 15 is 0 Å². The standard InChI is InChI=1S/C19H22F3N5O2/c20-14-10-16(22)15(21)8-12(14)7-13(23)9-18(28)27-6-1-3-24-19(29)17(27)11-26-5-2-4-25-26/h2,4-5,8,10,13,17H,1,3,6-7,9,11,23H2,(H,24,29). The second-order valence-electron chi connectivity index (χ2n) is 7.00. The van der Waals surface area contributed by atoms with Crippen LogP contribution in [-0.2, 0) is 22.6 Å². The third kappa shape index (κ3) is 5.14. The predicted octanol–water partition coefficient (Wildman–Crippen LogP) is 0.978. The van der Waals surface area contributed by atoms with Gasteiger partial charge in [0.05, 0.1) is 6.54 Å². The van der Waals surface area contributed by atoms with Gasteiger partial charge in [-0.15, -0.1) is 0 Å². The number of aromatic nitrogens is 2. The van der Waals surface area contributed by atoms with Crippen LogP contribution in [0.15, 0.2) is 30.6 Å². The third-order valence-corrected chi connectivity index (χ3v) is 4.80. The molecule has 7 nitrogen and oxygen atoms in total. The molecule has 3 rings (SSSR count). The first-order valence-electron chi connectivity index (χ1n) is 9.28. The molecule has 0 aliphatic carbocycles. The van der Waals surface area contributed by atoms with E-state index in [9.17, 15) is 22.8 Å². The molecule has 10 heteroatoms. The van der Waals surface area contributed by atoms with Crippen molar-refractivity contribution in [2.75, 3.05) is 13.1 Å². The zero-order valence-electron chi connectivity index (χ0n) is 15.7. The number of hydrogen-bond donors (Lipinski definition) is 2. The normalized spacial score (nSPS) is 18.3. The summed E-state index contributed by atoms with van der Waals surface area (Å²) in [5.41, 5.74) is 5.87. The average molecular weight is 409 g/mol. The summed E-state index contributed by atoms with van der Waals surface area (Å²) >= 11 is 0. The van der Waals surface area contributed by atoms with E-state index in [-0.39, 0.29) is 36.8 Å². The van der Waals surface area contributed by atoms with Crippen molar-refractivity contribution in [2.24, 2.45) is 5.73 Å². The average Bonchev–Trinajstić information content (AvgIpc) is 3.10. The molecule has 0 spiro atoms.